The third kappa shape index (κ3) is 9.32. The highest BCUT2D eigenvalue weighted by atomic mass is 16.6. The van der Waals surface area contributed by atoms with E-state index in [9.17, 15) is 24.3 Å². The monoisotopic (exact) mass is 814 g/mol. The third-order valence-electron chi connectivity index (χ3n) is 11.3. The van der Waals surface area contributed by atoms with Crippen LogP contribution < -0.4 is 21.3 Å². The van der Waals surface area contributed by atoms with Gasteiger partial charge in [0, 0.05) is 24.7 Å². The fourth-order valence-corrected chi connectivity index (χ4v) is 8.35. The molecular weight excluding hydrogens is 769 g/mol. The van der Waals surface area contributed by atoms with E-state index in [0.717, 1.165) is 55.6 Å². The zero-order valence-electron chi connectivity index (χ0n) is 33.3. The summed E-state index contributed by atoms with van der Waals surface area (Å²) in [7, 11) is 0. The quantitative estimate of drug-likeness (QED) is 0.0712. The number of hydrogen-bond donors (Lipinski definition) is 5. The predicted molar refractivity (Wildman–Crippen MR) is 231 cm³/mol. The maximum Gasteiger partial charge on any atom is 0.407 e. The van der Waals surface area contributed by atoms with E-state index < -0.39 is 48.9 Å². The number of aliphatic hydroxyl groups is 1. The SMILES string of the molecule is O=C(NC(Cc1ccccc1)C(=O)NC(CO)NC(=O)[C@H](Cc1ccccc1)NC(=O)OCC1c2ccccc2-c2ccccc21)OCC1c2ccccc2-c2ccccc21. The summed E-state index contributed by atoms with van der Waals surface area (Å²) in [6, 6.07) is 48.0. The summed E-state index contributed by atoms with van der Waals surface area (Å²) in [5.74, 6) is -1.69. The molecule has 0 heterocycles. The highest BCUT2D eigenvalue weighted by Gasteiger charge is 2.33. The Labute approximate surface area is 354 Å². The average Bonchev–Trinajstić information content (AvgIpc) is 3.79. The van der Waals surface area contributed by atoms with E-state index in [1.807, 2.05) is 158 Å². The van der Waals surface area contributed by atoms with Gasteiger partial charge in [0.1, 0.15) is 31.5 Å². The van der Waals surface area contributed by atoms with Gasteiger partial charge in [-0.2, -0.15) is 0 Å². The van der Waals surface area contributed by atoms with Crippen molar-refractivity contribution in [2.24, 2.45) is 0 Å². The molecule has 8 rings (SSSR count). The molecule has 2 aliphatic rings. The molecule has 4 amide bonds. The smallest absolute Gasteiger partial charge is 0.407 e. The lowest BCUT2D eigenvalue weighted by Gasteiger charge is -2.26. The highest BCUT2D eigenvalue weighted by Crippen LogP contribution is 2.45. The van der Waals surface area contributed by atoms with Crippen LogP contribution in [-0.2, 0) is 31.9 Å². The van der Waals surface area contributed by atoms with Crippen molar-refractivity contribution >= 4 is 24.0 Å². The number of amides is 4. The second kappa shape index (κ2) is 18.8. The van der Waals surface area contributed by atoms with Crippen LogP contribution in [0.15, 0.2) is 158 Å². The standard InChI is InChI=1S/C50H46N4O7/c55-29-46(53-47(56)44(27-32-15-3-1-4-16-32)51-49(58)60-30-42-38-23-11-7-19-34(38)35-20-8-12-24-39(35)42)54-48(57)45(28-33-17-5-2-6-18-33)52-50(59)61-31-43-40-25-13-9-21-36(40)37-22-10-14-26-41(37)43/h1-26,42-46,55H,27-31H2,(H,51,58)(H,52,59)(H,53,56)(H,54,57)/t44-,45?,46?/m0/s1. The number of rotatable bonds is 15. The summed E-state index contributed by atoms with van der Waals surface area (Å²) in [5.41, 5.74) is 10.1. The molecule has 0 aromatic heterocycles. The van der Waals surface area contributed by atoms with E-state index >= 15 is 0 Å². The lowest BCUT2D eigenvalue weighted by atomic mass is 9.98. The molecule has 11 heteroatoms. The maximum atomic E-state index is 13.9. The number of fused-ring (bicyclic) bond motifs is 6. The molecule has 11 nitrogen and oxygen atoms in total. The molecule has 0 fully saturated rings. The van der Waals surface area contributed by atoms with Crippen molar-refractivity contribution in [2.45, 2.75) is 42.9 Å². The number of carbonyl (C=O) groups is 4. The Kier molecular flexibility index (Phi) is 12.5. The molecule has 0 saturated heterocycles. The summed E-state index contributed by atoms with van der Waals surface area (Å²) >= 11 is 0. The van der Waals surface area contributed by atoms with E-state index in [4.69, 9.17) is 9.47 Å². The van der Waals surface area contributed by atoms with Gasteiger partial charge < -0.3 is 35.8 Å². The Morgan fingerprint density at radius 1 is 0.443 bits per heavy atom. The van der Waals surface area contributed by atoms with Crippen molar-refractivity contribution in [2.75, 3.05) is 19.8 Å². The summed E-state index contributed by atoms with van der Waals surface area (Å²) in [5, 5.41) is 21.2. The number of hydrogen-bond acceptors (Lipinski definition) is 7. The fourth-order valence-electron chi connectivity index (χ4n) is 8.35. The predicted octanol–water partition coefficient (Wildman–Crippen LogP) is 6.84. The van der Waals surface area contributed by atoms with Gasteiger partial charge in [-0.3, -0.25) is 9.59 Å². The minimum absolute atomic E-state index is 0.0499. The Balaban J connectivity index is 0.922. The van der Waals surface area contributed by atoms with E-state index in [2.05, 4.69) is 21.3 Å². The van der Waals surface area contributed by atoms with Gasteiger partial charge in [-0.1, -0.05) is 158 Å². The maximum absolute atomic E-state index is 13.9. The average molecular weight is 815 g/mol. The van der Waals surface area contributed by atoms with Crippen LogP contribution in [0.4, 0.5) is 9.59 Å². The van der Waals surface area contributed by atoms with Crippen LogP contribution in [0.1, 0.15) is 45.2 Å². The first-order valence-electron chi connectivity index (χ1n) is 20.4. The molecule has 0 radical (unpaired) electrons. The Hall–Kier alpha value is -7.24. The molecule has 6 aromatic carbocycles. The number of nitrogens with one attached hydrogen (secondary N) is 4. The molecule has 2 aliphatic carbocycles. The minimum Gasteiger partial charge on any atom is -0.449 e. The van der Waals surface area contributed by atoms with Crippen molar-refractivity contribution in [1.29, 1.82) is 0 Å². The van der Waals surface area contributed by atoms with Gasteiger partial charge in [-0.15, -0.1) is 0 Å². The van der Waals surface area contributed by atoms with Gasteiger partial charge >= 0.3 is 12.2 Å². The number of ether oxygens (including phenoxy) is 2. The second-order valence-electron chi connectivity index (χ2n) is 15.2. The van der Waals surface area contributed by atoms with Crippen LogP contribution in [0.3, 0.4) is 0 Å². The van der Waals surface area contributed by atoms with Crippen molar-refractivity contribution in [3.63, 3.8) is 0 Å². The molecule has 0 spiro atoms. The van der Waals surface area contributed by atoms with Crippen molar-refractivity contribution in [3.8, 4) is 22.3 Å². The number of carbonyl (C=O) groups excluding carboxylic acids is 4. The summed E-state index contributed by atoms with van der Waals surface area (Å²) in [6.07, 6.45) is -2.66. The van der Waals surface area contributed by atoms with Crippen LogP contribution in [0.25, 0.3) is 22.3 Å². The number of alkyl carbamates (subject to hydrolysis) is 2. The Morgan fingerprint density at radius 2 is 0.754 bits per heavy atom. The fraction of sp³-hybridized carbons (Fsp3) is 0.200. The van der Waals surface area contributed by atoms with Gasteiger partial charge in [0.15, 0.2) is 0 Å². The number of aliphatic hydroxyl groups excluding tert-OH is 1. The molecule has 5 N–H and O–H groups in total. The first kappa shape index (κ1) is 40.5. The third-order valence-corrected chi connectivity index (χ3v) is 11.3. The van der Waals surface area contributed by atoms with E-state index in [1.54, 1.807) is 0 Å². The van der Waals surface area contributed by atoms with Crippen LogP contribution in [0.5, 0.6) is 0 Å². The topological polar surface area (TPSA) is 155 Å². The van der Waals surface area contributed by atoms with E-state index in [1.165, 1.54) is 0 Å². The summed E-state index contributed by atoms with van der Waals surface area (Å²) < 4.78 is 11.5. The first-order chi connectivity index (χ1) is 29.9. The van der Waals surface area contributed by atoms with Gasteiger partial charge in [-0.25, -0.2) is 9.59 Å². The van der Waals surface area contributed by atoms with Crippen LogP contribution in [0.2, 0.25) is 0 Å². The lowest BCUT2D eigenvalue weighted by Crippen LogP contribution is -2.59. The summed E-state index contributed by atoms with van der Waals surface area (Å²) in [4.78, 5) is 54.6. The number of benzene rings is 6. The van der Waals surface area contributed by atoms with E-state index in [0.29, 0.717) is 0 Å². The Morgan fingerprint density at radius 3 is 1.08 bits per heavy atom. The summed E-state index contributed by atoms with van der Waals surface area (Å²) in [6.45, 7) is -0.577. The molecular formula is C50H46N4O7. The normalized spacial score (nSPS) is 13.9. The molecule has 3 atom stereocenters. The second-order valence-corrected chi connectivity index (χ2v) is 15.2. The molecule has 0 bridgehead atoms. The largest absolute Gasteiger partial charge is 0.449 e. The van der Waals surface area contributed by atoms with Crippen molar-refractivity contribution in [1.82, 2.24) is 21.3 Å². The van der Waals surface area contributed by atoms with Crippen LogP contribution in [0, 0.1) is 0 Å². The molecule has 2 unspecified atom stereocenters. The highest BCUT2D eigenvalue weighted by molar-refractivity contribution is 5.89. The van der Waals surface area contributed by atoms with E-state index in [-0.39, 0.29) is 37.9 Å². The molecule has 6 aromatic rings. The molecule has 0 aliphatic heterocycles. The van der Waals surface area contributed by atoms with Crippen LogP contribution in [-0.4, -0.2) is 67.2 Å². The van der Waals surface area contributed by atoms with Gasteiger partial charge in [0.05, 0.1) is 6.61 Å². The van der Waals surface area contributed by atoms with Crippen LogP contribution >= 0.6 is 0 Å². The first-order valence-corrected chi connectivity index (χ1v) is 20.4. The zero-order chi connectivity index (χ0) is 42.1. The van der Waals surface area contributed by atoms with Crippen molar-refractivity contribution < 1.29 is 33.8 Å². The van der Waals surface area contributed by atoms with Crippen molar-refractivity contribution in [3.05, 3.63) is 191 Å². The lowest BCUT2D eigenvalue weighted by molar-refractivity contribution is -0.127. The molecule has 0 saturated carbocycles. The zero-order valence-corrected chi connectivity index (χ0v) is 33.3. The van der Waals surface area contributed by atoms with Gasteiger partial charge in [0.2, 0.25) is 11.8 Å². The Bertz CT molecular complexity index is 2250. The van der Waals surface area contributed by atoms with Gasteiger partial charge in [0.25, 0.3) is 0 Å². The molecule has 308 valence electrons. The molecule has 61 heavy (non-hydrogen) atoms. The minimum atomic E-state index is -1.27. The van der Waals surface area contributed by atoms with Gasteiger partial charge in [-0.05, 0) is 55.6 Å².